The van der Waals surface area contributed by atoms with Gasteiger partial charge in [0.15, 0.2) is 5.25 Å². The van der Waals surface area contributed by atoms with Crippen LogP contribution in [0.15, 0.2) is 0 Å². The van der Waals surface area contributed by atoms with E-state index in [1.807, 2.05) is 13.8 Å². The lowest BCUT2D eigenvalue weighted by Crippen LogP contribution is -2.51. The van der Waals surface area contributed by atoms with Gasteiger partial charge in [-0.15, -0.1) is 0 Å². The Morgan fingerprint density at radius 2 is 1.75 bits per heavy atom. The summed E-state index contributed by atoms with van der Waals surface area (Å²) >= 11 is 0. The van der Waals surface area contributed by atoms with Crippen LogP contribution >= 0.6 is 0 Å². The normalized spacial score (nSPS) is 29.9. The largest absolute Gasteiger partial charge is 0.480 e. The van der Waals surface area contributed by atoms with Crippen LogP contribution < -0.4 is 0 Å². The van der Waals surface area contributed by atoms with Crippen molar-refractivity contribution < 1.29 is 18.3 Å². The molecular weight excluding hydrogens is 230 g/mol. The number of carboxylic acids is 1. The Labute approximate surface area is 96.5 Å². The van der Waals surface area contributed by atoms with Gasteiger partial charge in [-0.1, -0.05) is 6.42 Å². The van der Waals surface area contributed by atoms with Crippen LogP contribution in [-0.4, -0.2) is 41.1 Å². The number of sulfonamides is 1. The number of nitrogens with zero attached hydrogens (tertiary/aromatic N) is 1. The molecule has 0 saturated carbocycles. The lowest BCUT2D eigenvalue weighted by Gasteiger charge is -2.38. The first-order chi connectivity index (χ1) is 7.28. The molecule has 0 spiro atoms. The maximum atomic E-state index is 12.1. The Kier molecular flexibility index (Phi) is 3.96. The predicted octanol–water partition coefficient (Wildman–Crippen LogP) is 1.05. The Morgan fingerprint density at radius 1 is 1.31 bits per heavy atom. The molecule has 3 atom stereocenters. The van der Waals surface area contributed by atoms with E-state index in [4.69, 9.17) is 5.11 Å². The number of rotatable bonds is 3. The van der Waals surface area contributed by atoms with Crippen molar-refractivity contribution >= 4 is 16.0 Å². The summed E-state index contributed by atoms with van der Waals surface area (Å²) in [4.78, 5) is 10.8. The third-order valence-corrected chi connectivity index (χ3v) is 5.60. The Bertz CT molecular complexity index is 355. The van der Waals surface area contributed by atoms with Crippen molar-refractivity contribution in [1.82, 2.24) is 4.31 Å². The minimum atomic E-state index is -3.73. The molecule has 0 bridgehead atoms. The molecule has 0 radical (unpaired) electrons. The van der Waals surface area contributed by atoms with Crippen molar-refractivity contribution in [2.24, 2.45) is 0 Å². The second-order valence-electron chi connectivity index (χ2n) is 4.48. The van der Waals surface area contributed by atoms with Gasteiger partial charge in [0.05, 0.1) is 0 Å². The van der Waals surface area contributed by atoms with Gasteiger partial charge in [-0.05, 0) is 33.6 Å². The van der Waals surface area contributed by atoms with E-state index in [0.29, 0.717) is 0 Å². The Balaban J connectivity index is 3.01. The zero-order chi connectivity index (χ0) is 12.5. The lowest BCUT2D eigenvalue weighted by molar-refractivity contribution is -0.136. The van der Waals surface area contributed by atoms with Gasteiger partial charge < -0.3 is 5.11 Å². The molecule has 0 aromatic carbocycles. The topological polar surface area (TPSA) is 74.7 Å². The first kappa shape index (κ1) is 13.4. The minimum absolute atomic E-state index is 0.101. The van der Waals surface area contributed by atoms with Gasteiger partial charge in [-0.3, -0.25) is 4.79 Å². The van der Waals surface area contributed by atoms with Crippen LogP contribution in [0.1, 0.15) is 40.0 Å². The minimum Gasteiger partial charge on any atom is -0.480 e. The lowest BCUT2D eigenvalue weighted by atomic mass is 10.0. The van der Waals surface area contributed by atoms with Crippen molar-refractivity contribution in [1.29, 1.82) is 0 Å². The van der Waals surface area contributed by atoms with Crippen LogP contribution in [0, 0.1) is 0 Å². The van der Waals surface area contributed by atoms with Crippen molar-refractivity contribution in [3.63, 3.8) is 0 Å². The number of carboxylic acid groups (broad SMARTS) is 1. The first-order valence-electron chi connectivity index (χ1n) is 5.53. The maximum Gasteiger partial charge on any atom is 0.323 e. The molecule has 6 heteroatoms. The van der Waals surface area contributed by atoms with Crippen molar-refractivity contribution in [2.45, 2.75) is 57.4 Å². The first-order valence-corrected chi connectivity index (χ1v) is 7.04. The van der Waals surface area contributed by atoms with E-state index in [1.165, 1.54) is 11.2 Å². The van der Waals surface area contributed by atoms with Gasteiger partial charge in [0.25, 0.3) is 0 Å². The molecule has 0 aliphatic carbocycles. The van der Waals surface area contributed by atoms with Gasteiger partial charge in [0.1, 0.15) is 0 Å². The zero-order valence-corrected chi connectivity index (χ0v) is 10.7. The molecule has 1 fully saturated rings. The molecule has 94 valence electrons. The highest BCUT2D eigenvalue weighted by Crippen LogP contribution is 2.27. The Morgan fingerprint density at radius 3 is 2.12 bits per heavy atom. The van der Waals surface area contributed by atoms with Crippen LogP contribution in [0.2, 0.25) is 0 Å². The van der Waals surface area contributed by atoms with Crippen molar-refractivity contribution in [2.75, 3.05) is 0 Å². The molecule has 0 aromatic heterocycles. The SMILES string of the molecule is CC1CCCC(C)N1S(=O)(=O)C(C)C(=O)O. The van der Waals surface area contributed by atoms with E-state index in [2.05, 4.69) is 0 Å². The average Bonchev–Trinajstić information content (AvgIpc) is 2.15. The Hall–Kier alpha value is -0.620. The summed E-state index contributed by atoms with van der Waals surface area (Å²) in [6.07, 6.45) is 2.60. The molecule has 0 aromatic rings. The van der Waals surface area contributed by atoms with Gasteiger partial charge in [-0.2, -0.15) is 4.31 Å². The molecule has 1 aliphatic heterocycles. The highest BCUT2D eigenvalue weighted by atomic mass is 32.2. The molecular formula is C10H19NO4S. The summed E-state index contributed by atoms with van der Waals surface area (Å²) in [5.41, 5.74) is 0. The van der Waals surface area contributed by atoms with Gasteiger partial charge >= 0.3 is 5.97 Å². The second kappa shape index (κ2) is 4.71. The van der Waals surface area contributed by atoms with Crippen molar-refractivity contribution in [3.05, 3.63) is 0 Å². The van der Waals surface area contributed by atoms with Gasteiger partial charge in [-0.25, -0.2) is 8.42 Å². The second-order valence-corrected chi connectivity index (χ2v) is 6.64. The standard InChI is InChI=1S/C10H19NO4S/c1-7-5-4-6-8(2)11(7)16(14,15)9(3)10(12)13/h7-9H,4-6H2,1-3H3,(H,12,13). The fourth-order valence-electron chi connectivity index (χ4n) is 2.21. The van der Waals surface area contributed by atoms with Crippen molar-refractivity contribution in [3.8, 4) is 0 Å². The van der Waals surface area contributed by atoms with E-state index in [-0.39, 0.29) is 12.1 Å². The summed E-state index contributed by atoms with van der Waals surface area (Å²) in [5.74, 6) is -1.29. The number of hydrogen-bond acceptors (Lipinski definition) is 3. The van der Waals surface area contributed by atoms with E-state index >= 15 is 0 Å². The van der Waals surface area contributed by atoms with E-state index < -0.39 is 21.2 Å². The van der Waals surface area contributed by atoms with E-state index in [1.54, 1.807) is 0 Å². The summed E-state index contributed by atoms with van der Waals surface area (Å²) in [5, 5.41) is 7.45. The molecule has 1 N–H and O–H groups in total. The smallest absolute Gasteiger partial charge is 0.323 e. The van der Waals surface area contributed by atoms with Crippen LogP contribution in [0.3, 0.4) is 0 Å². The van der Waals surface area contributed by atoms with Crippen LogP contribution in [-0.2, 0) is 14.8 Å². The molecule has 1 rings (SSSR count). The van der Waals surface area contributed by atoms with Gasteiger partial charge in [0, 0.05) is 12.1 Å². The molecule has 0 amide bonds. The number of hydrogen-bond donors (Lipinski definition) is 1. The third-order valence-electron chi connectivity index (χ3n) is 3.20. The summed E-state index contributed by atoms with van der Waals surface area (Å²) in [6.45, 7) is 4.90. The van der Waals surface area contributed by atoms with Crippen LogP contribution in [0.5, 0.6) is 0 Å². The number of carbonyl (C=O) groups is 1. The molecule has 5 nitrogen and oxygen atoms in total. The number of aliphatic carboxylic acids is 1. The summed E-state index contributed by atoms with van der Waals surface area (Å²) < 4.78 is 25.6. The number of piperidine rings is 1. The quantitative estimate of drug-likeness (QED) is 0.811. The highest BCUT2D eigenvalue weighted by Gasteiger charge is 2.40. The molecule has 3 unspecified atom stereocenters. The van der Waals surface area contributed by atoms with Crippen LogP contribution in [0.25, 0.3) is 0 Å². The predicted molar refractivity (Wildman–Crippen MR) is 60.6 cm³/mol. The third kappa shape index (κ3) is 2.38. The fraction of sp³-hybridized carbons (Fsp3) is 0.900. The fourth-order valence-corrected chi connectivity index (χ4v) is 4.04. The zero-order valence-electron chi connectivity index (χ0n) is 9.88. The van der Waals surface area contributed by atoms with Crippen LogP contribution in [0.4, 0.5) is 0 Å². The molecule has 1 heterocycles. The van der Waals surface area contributed by atoms with E-state index in [9.17, 15) is 13.2 Å². The molecule has 1 aliphatic rings. The molecule has 16 heavy (non-hydrogen) atoms. The highest BCUT2D eigenvalue weighted by molar-refractivity contribution is 7.90. The summed E-state index contributed by atoms with van der Waals surface area (Å²) in [6, 6.07) is -0.203. The average molecular weight is 249 g/mol. The van der Waals surface area contributed by atoms with Gasteiger partial charge in [0.2, 0.25) is 10.0 Å². The van der Waals surface area contributed by atoms with E-state index in [0.717, 1.165) is 19.3 Å². The summed E-state index contributed by atoms with van der Waals surface area (Å²) in [7, 11) is -3.73. The maximum absolute atomic E-state index is 12.1. The monoisotopic (exact) mass is 249 g/mol. The molecule has 1 saturated heterocycles.